The number of nitriles is 1. The summed E-state index contributed by atoms with van der Waals surface area (Å²) < 4.78 is 0. The molecule has 0 fully saturated rings. The molecule has 0 radical (unpaired) electrons. The smallest absolute Gasteiger partial charge is 0.267 e. The molecule has 0 unspecified atom stereocenters. The number of carbonyl (C=O) groups is 1. The average molecular weight is 319 g/mol. The Labute approximate surface area is 137 Å². The number of aromatic nitrogens is 2. The lowest BCUT2D eigenvalue weighted by atomic mass is 10.2. The highest BCUT2D eigenvalue weighted by atomic mass is 16.3. The van der Waals surface area contributed by atoms with E-state index in [-0.39, 0.29) is 17.0 Å². The Bertz CT molecular complexity index is 968. The monoisotopic (exact) mass is 319 g/mol. The molecule has 0 aliphatic heterocycles. The molecular formula is C17H13N5O2. The van der Waals surface area contributed by atoms with Crippen molar-refractivity contribution in [1.29, 1.82) is 5.26 Å². The average Bonchev–Trinajstić information content (AvgIpc) is 3.05. The first-order valence-electron chi connectivity index (χ1n) is 7.06. The number of para-hydroxylation sites is 2. The standard InChI is InChI=1S/C17H13N5O2/c18-8-12(17(24)21-14-3-1-2-4-16(14)23)9-19-13-6-5-11-10-20-22-15(11)7-13/h1-7,9-10,19,23H,(H,20,22)(H,21,24)/b12-9-. The summed E-state index contributed by atoms with van der Waals surface area (Å²) in [5, 5.41) is 31.9. The van der Waals surface area contributed by atoms with Crippen LogP contribution < -0.4 is 10.6 Å². The quantitative estimate of drug-likeness (QED) is 0.335. The molecule has 0 spiro atoms. The maximum atomic E-state index is 12.1. The van der Waals surface area contributed by atoms with Crippen LogP contribution in [-0.2, 0) is 4.79 Å². The fraction of sp³-hybridized carbons (Fsp3) is 0. The number of nitrogens with zero attached hydrogens (tertiary/aromatic N) is 2. The van der Waals surface area contributed by atoms with Gasteiger partial charge in [-0.05, 0) is 30.3 Å². The van der Waals surface area contributed by atoms with Crippen molar-refractivity contribution in [3.8, 4) is 11.8 Å². The Hall–Kier alpha value is -3.79. The summed E-state index contributed by atoms with van der Waals surface area (Å²) in [6.07, 6.45) is 3.02. The summed E-state index contributed by atoms with van der Waals surface area (Å²) in [6.45, 7) is 0. The van der Waals surface area contributed by atoms with E-state index in [2.05, 4.69) is 20.8 Å². The lowest BCUT2D eigenvalue weighted by Crippen LogP contribution is -2.14. The van der Waals surface area contributed by atoms with Gasteiger partial charge in [0.15, 0.2) is 0 Å². The number of benzene rings is 2. The first-order chi connectivity index (χ1) is 11.7. The Balaban J connectivity index is 1.75. The van der Waals surface area contributed by atoms with Gasteiger partial charge in [0, 0.05) is 17.3 Å². The highest BCUT2D eigenvalue weighted by molar-refractivity contribution is 6.07. The van der Waals surface area contributed by atoms with Gasteiger partial charge >= 0.3 is 0 Å². The van der Waals surface area contributed by atoms with E-state index >= 15 is 0 Å². The second-order valence-corrected chi connectivity index (χ2v) is 4.96. The number of fused-ring (bicyclic) bond motifs is 1. The zero-order chi connectivity index (χ0) is 16.9. The van der Waals surface area contributed by atoms with E-state index < -0.39 is 5.91 Å². The fourth-order valence-electron chi connectivity index (χ4n) is 2.10. The topological polar surface area (TPSA) is 114 Å². The summed E-state index contributed by atoms with van der Waals surface area (Å²) in [6, 6.07) is 13.6. The Morgan fingerprint density at radius 3 is 2.92 bits per heavy atom. The normalized spacial score (nSPS) is 11.0. The van der Waals surface area contributed by atoms with Gasteiger partial charge < -0.3 is 15.7 Å². The molecule has 4 N–H and O–H groups in total. The minimum atomic E-state index is -0.617. The largest absolute Gasteiger partial charge is 0.506 e. The molecular weight excluding hydrogens is 306 g/mol. The van der Waals surface area contributed by atoms with Crippen LogP contribution >= 0.6 is 0 Å². The number of hydrogen-bond donors (Lipinski definition) is 4. The zero-order valence-corrected chi connectivity index (χ0v) is 12.4. The number of aromatic amines is 1. The molecule has 1 amide bonds. The number of phenols is 1. The number of amides is 1. The van der Waals surface area contributed by atoms with Crippen LogP contribution in [0.25, 0.3) is 10.9 Å². The predicted octanol–water partition coefficient (Wildman–Crippen LogP) is 2.73. The van der Waals surface area contributed by atoms with Crippen molar-refractivity contribution in [1.82, 2.24) is 10.2 Å². The van der Waals surface area contributed by atoms with Crippen LogP contribution in [0, 0.1) is 11.3 Å². The van der Waals surface area contributed by atoms with Crippen molar-refractivity contribution < 1.29 is 9.90 Å². The Morgan fingerprint density at radius 2 is 2.12 bits per heavy atom. The number of H-pyrrole nitrogens is 1. The van der Waals surface area contributed by atoms with Gasteiger partial charge in [0.05, 0.1) is 17.4 Å². The molecule has 24 heavy (non-hydrogen) atoms. The summed E-state index contributed by atoms with van der Waals surface area (Å²) in [5.41, 5.74) is 1.66. The summed E-state index contributed by atoms with van der Waals surface area (Å²) in [4.78, 5) is 12.1. The van der Waals surface area contributed by atoms with Crippen molar-refractivity contribution in [2.24, 2.45) is 0 Å². The van der Waals surface area contributed by atoms with Crippen molar-refractivity contribution in [2.75, 3.05) is 10.6 Å². The fourth-order valence-corrected chi connectivity index (χ4v) is 2.10. The van der Waals surface area contributed by atoms with E-state index in [1.165, 1.54) is 12.3 Å². The van der Waals surface area contributed by atoms with Gasteiger partial charge in [-0.15, -0.1) is 0 Å². The highest BCUT2D eigenvalue weighted by Crippen LogP contribution is 2.22. The molecule has 0 aliphatic rings. The molecule has 0 saturated heterocycles. The number of carbonyl (C=O) groups excluding carboxylic acids is 1. The van der Waals surface area contributed by atoms with E-state index in [4.69, 9.17) is 5.26 Å². The summed E-state index contributed by atoms with van der Waals surface area (Å²) in [5.74, 6) is -0.685. The van der Waals surface area contributed by atoms with Crippen molar-refractivity contribution >= 4 is 28.2 Å². The van der Waals surface area contributed by atoms with Crippen LogP contribution in [-0.4, -0.2) is 21.2 Å². The lowest BCUT2D eigenvalue weighted by Gasteiger charge is -2.06. The molecule has 7 heteroatoms. The van der Waals surface area contributed by atoms with E-state index in [1.807, 2.05) is 24.3 Å². The molecule has 0 saturated carbocycles. The van der Waals surface area contributed by atoms with Crippen LogP contribution in [0.4, 0.5) is 11.4 Å². The van der Waals surface area contributed by atoms with Gasteiger partial charge in [0.25, 0.3) is 5.91 Å². The van der Waals surface area contributed by atoms with E-state index in [0.29, 0.717) is 5.69 Å². The van der Waals surface area contributed by atoms with Crippen LogP contribution in [0.2, 0.25) is 0 Å². The molecule has 1 aromatic heterocycles. The van der Waals surface area contributed by atoms with Gasteiger partial charge in [0.1, 0.15) is 17.4 Å². The van der Waals surface area contributed by atoms with Gasteiger partial charge in [0.2, 0.25) is 0 Å². The van der Waals surface area contributed by atoms with Crippen molar-refractivity contribution in [3.05, 3.63) is 60.4 Å². The number of anilines is 2. The first kappa shape index (κ1) is 15.1. The van der Waals surface area contributed by atoms with Gasteiger partial charge in [-0.25, -0.2) is 0 Å². The van der Waals surface area contributed by atoms with Crippen LogP contribution in [0.3, 0.4) is 0 Å². The minimum absolute atomic E-state index is 0.0687. The molecule has 118 valence electrons. The maximum absolute atomic E-state index is 12.1. The first-order valence-corrected chi connectivity index (χ1v) is 7.06. The molecule has 0 bridgehead atoms. The molecule has 3 aromatic rings. The predicted molar refractivity (Wildman–Crippen MR) is 90.1 cm³/mol. The Morgan fingerprint density at radius 1 is 1.29 bits per heavy atom. The van der Waals surface area contributed by atoms with E-state index in [9.17, 15) is 9.90 Å². The van der Waals surface area contributed by atoms with Crippen molar-refractivity contribution in [3.63, 3.8) is 0 Å². The third kappa shape index (κ3) is 3.18. The van der Waals surface area contributed by atoms with Crippen molar-refractivity contribution in [2.45, 2.75) is 0 Å². The number of rotatable bonds is 4. The maximum Gasteiger partial charge on any atom is 0.267 e. The molecule has 1 heterocycles. The Kier molecular flexibility index (Phi) is 4.12. The molecule has 3 rings (SSSR count). The second-order valence-electron chi connectivity index (χ2n) is 4.96. The minimum Gasteiger partial charge on any atom is -0.506 e. The number of aromatic hydroxyl groups is 1. The second kappa shape index (κ2) is 6.54. The third-order valence-corrected chi connectivity index (χ3v) is 3.34. The number of hydrogen-bond acceptors (Lipinski definition) is 5. The highest BCUT2D eigenvalue weighted by Gasteiger charge is 2.11. The van der Waals surface area contributed by atoms with Gasteiger partial charge in [-0.3, -0.25) is 9.89 Å². The van der Waals surface area contributed by atoms with Crippen LogP contribution in [0.5, 0.6) is 5.75 Å². The number of phenolic OH excluding ortho intramolecular Hbond substituents is 1. The number of nitrogens with one attached hydrogen (secondary N) is 3. The lowest BCUT2D eigenvalue weighted by molar-refractivity contribution is -0.112. The van der Waals surface area contributed by atoms with Gasteiger partial charge in [-0.1, -0.05) is 12.1 Å². The summed E-state index contributed by atoms with van der Waals surface area (Å²) in [7, 11) is 0. The summed E-state index contributed by atoms with van der Waals surface area (Å²) >= 11 is 0. The molecule has 2 aromatic carbocycles. The third-order valence-electron chi connectivity index (χ3n) is 3.34. The zero-order valence-electron chi connectivity index (χ0n) is 12.4. The van der Waals surface area contributed by atoms with E-state index in [1.54, 1.807) is 24.4 Å². The van der Waals surface area contributed by atoms with Gasteiger partial charge in [-0.2, -0.15) is 10.4 Å². The molecule has 0 aliphatic carbocycles. The van der Waals surface area contributed by atoms with Crippen LogP contribution in [0.1, 0.15) is 0 Å². The molecule has 7 nitrogen and oxygen atoms in total. The molecule has 0 atom stereocenters. The van der Waals surface area contributed by atoms with E-state index in [0.717, 1.165) is 10.9 Å². The van der Waals surface area contributed by atoms with Crippen LogP contribution in [0.15, 0.2) is 60.4 Å². The SMILES string of the molecule is N#C/C(=C/Nc1ccc2cn[nH]c2c1)C(=O)Nc1ccccc1O.